The van der Waals surface area contributed by atoms with Gasteiger partial charge in [-0.05, 0) is 24.3 Å². The minimum absolute atomic E-state index is 0.0528. The number of hydrogen-bond acceptors (Lipinski definition) is 6. The molecule has 0 aromatic rings. The monoisotopic (exact) mass is 351 g/mol. The molecule has 0 aliphatic carbocycles. The van der Waals surface area contributed by atoms with Crippen LogP contribution in [0.3, 0.4) is 0 Å². The predicted molar refractivity (Wildman–Crippen MR) is 91.2 cm³/mol. The van der Waals surface area contributed by atoms with Gasteiger partial charge >= 0.3 is 5.97 Å². The summed E-state index contributed by atoms with van der Waals surface area (Å²) in [5.74, 6) is -1.63. The van der Waals surface area contributed by atoms with Crippen molar-refractivity contribution < 1.29 is 19.5 Å². The third-order valence-electron chi connectivity index (χ3n) is 3.02. The molecule has 0 radical (unpaired) electrons. The van der Waals surface area contributed by atoms with Gasteiger partial charge in [0.25, 0.3) is 0 Å². The zero-order valence-corrected chi connectivity index (χ0v) is 14.7. The lowest BCUT2D eigenvalue weighted by Crippen LogP contribution is -2.56. The number of aliphatic carboxylic acids is 1. The summed E-state index contributed by atoms with van der Waals surface area (Å²) < 4.78 is 0. The van der Waals surface area contributed by atoms with Gasteiger partial charge in [0.1, 0.15) is 12.1 Å². The van der Waals surface area contributed by atoms with Gasteiger partial charge in [-0.15, -0.1) is 0 Å². The van der Waals surface area contributed by atoms with Crippen LogP contribution in [0.2, 0.25) is 0 Å². The van der Waals surface area contributed by atoms with Crippen molar-refractivity contribution in [3.8, 4) is 0 Å². The Morgan fingerprint density at radius 2 is 1.82 bits per heavy atom. The molecule has 0 fully saturated rings. The van der Waals surface area contributed by atoms with Gasteiger partial charge in [-0.3, -0.25) is 9.59 Å². The van der Waals surface area contributed by atoms with Crippen molar-refractivity contribution in [3.63, 3.8) is 0 Å². The van der Waals surface area contributed by atoms with Gasteiger partial charge in [0.15, 0.2) is 0 Å². The fourth-order valence-electron chi connectivity index (χ4n) is 1.62. The zero-order chi connectivity index (χ0) is 17.3. The number of rotatable bonds is 10. The van der Waals surface area contributed by atoms with E-state index >= 15 is 0 Å². The van der Waals surface area contributed by atoms with E-state index < -0.39 is 35.9 Å². The standard InChI is InChI=1S/C13H25N3O4S2/c1-7(2)10(13(19)20)16-12(18)9(6-21)15-11(17)8(14)4-5-22-3/h7-10,21H,4-6,14H2,1-3H3,(H,15,17)(H,16,18)(H,19,20)/t8-,9-,10-/m0/s1. The Labute approximate surface area is 140 Å². The van der Waals surface area contributed by atoms with E-state index in [1.54, 1.807) is 25.6 Å². The molecule has 0 saturated carbocycles. The zero-order valence-electron chi connectivity index (χ0n) is 13.0. The van der Waals surface area contributed by atoms with Crippen LogP contribution in [0.25, 0.3) is 0 Å². The van der Waals surface area contributed by atoms with Crippen molar-refractivity contribution in [2.75, 3.05) is 17.8 Å². The van der Waals surface area contributed by atoms with Crippen molar-refractivity contribution in [2.24, 2.45) is 11.7 Å². The van der Waals surface area contributed by atoms with Crippen molar-refractivity contribution in [1.82, 2.24) is 10.6 Å². The molecule has 0 aromatic carbocycles. The molecule has 0 saturated heterocycles. The Balaban J connectivity index is 4.65. The molecule has 5 N–H and O–H groups in total. The smallest absolute Gasteiger partial charge is 0.326 e. The summed E-state index contributed by atoms with van der Waals surface area (Å²) in [6.07, 6.45) is 2.41. The van der Waals surface area contributed by atoms with E-state index in [2.05, 4.69) is 23.3 Å². The average Bonchev–Trinajstić information content (AvgIpc) is 2.46. The predicted octanol–water partition coefficient (Wildman–Crippen LogP) is -0.293. The van der Waals surface area contributed by atoms with Crippen LogP contribution in [0.5, 0.6) is 0 Å². The number of amides is 2. The highest BCUT2D eigenvalue weighted by Crippen LogP contribution is 2.03. The number of nitrogens with two attached hydrogens (primary N) is 1. The SMILES string of the molecule is CSCC[C@H](N)C(=O)N[C@@H](CS)C(=O)N[C@H](C(=O)O)C(C)C. The van der Waals surface area contributed by atoms with E-state index in [1.807, 2.05) is 6.26 Å². The Hall–Kier alpha value is -0.930. The topological polar surface area (TPSA) is 122 Å². The molecular weight excluding hydrogens is 326 g/mol. The number of carboxylic acids is 1. The molecule has 0 aromatic heterocycles. The summed E-state index contributed by atoms with van der Waals surface area (Å²) >= 11 is 5.60. The molecule has 3 atom stereocenters. The second kappa shape index (κ2) is 10.7. The van der Waals surface area contributed by atoms with Crippen molar-refractivity contribution >= 4 is 42.2 Å². The quantitative estimate of drug-likeness (QED) is 0.345. The summed E-state index contributed by atoms with van der Waals surface area (Å²) in [6.45, 7) is 3.37. The van der Waals surface area contributed by atoms with E-state index in [4.69, 9.17) is 10.8 Å². The molecule has 22 heavy (non-hydrogen) atoms. The molecule has 0 aliphatic rings. The fraction of sp³-hybridized carbons (Fsp3) is 0.769. The maximum absolute atomic E-state index is 12.1. The summed E-state index contributed by atoms with van der Waals surface area (Å²) in [5.41, 5.74) is 5.73. The molecule has 9 heteroatoms. The number of carboxylic acid groups (broad SMARTS) is 1. The van der Waals surface area contributed by atoms with E-state index in [0.29, 0.717) is 6.42 Å². The Morgan fingerprint density at radius 1 is 1.23 bits per heavy atom. The first-order valence-electron chi connectivity index (χ1n) is 6.93. The van der Waals surface area contributed by atoms with Gasteiger partial charge < -0.3 is 21.5 Å². The first kappa shape index (κ1) is 21.1. The Bertz CT molecular complexity index is 393. The van der Waals surface area contributed by atoms with Crippen LogP contribution in [0, 0.1) is 5.92 Å². The Kier molecular flexibility index (Phi) is 10.3. The molecule has 0 unspecified atom stereocenters. The molecule has 7 nitrogen and oxygen atoms in total. The van der Waals surface area contributed by atoms with Crippen molar-refractivity contribution in [1.29, 1.82) is 0 Å². The second-order valence-electron chi connectivity index (χ2n) is 5.20. The average molecular weight is 351 g/mol. The minimum Gasteiger partial charge on any atom is -0.480 e. The van der Waals surface area contributed by atoms with Crippen LogP contribution < -0.4 is 16.4 Å². The molecule has 128 valence electrons. The Morgan fingerprint density at radius 3 is 2.23 bits per heavy atom. The van der Waals surface area contributed by atoms with E-state index in [0.717, 1.165) is 5.75 Å². The molecule has 0 aliphatic heterocycles. The summed E-state index contributed by atoms with van der Waals surface area (Å²) in [4.78, 5) is 35.1. The van der Waals surface area contributed by atoms with Crippen LogP contribution in [0.4, 0.5) is 0 Å². The lowest BCUT2D eigenvalue weighted by Gasteiger charge is -2.23. The number of thiol groups is 1. The molecule has 2 amide bonds. The number of hydrogen-bond donors (Lipinski definition) is 5. The van der Waals surface area contributed by atoms with Crippen LogP contribution in [-0.2, 0) is 14.4 Å². The first-order valence-corrected chi connectivity index (χ1v) is 8.96. The maximum atomic E-state index is 12.1. The summed E-state index contributed by atoms with van der Waals surface area (Å²) in [7, 11) is 0. The fourth-order valence-corrected chi connectivity index (χ4v) is 2.36. The van der Waals surface area contributed by atoms with Gasteiger partial charge in [0.05, 0.1) is 6.04 Å². The lowest BCUT2D eigenvalue weighted by atomic mass is 10.0. The molecule has 0 bridgehead atoms. The third-order valence-corrected chi connectivity index (χ3v) is 4.02. The third kappa shape index (κ3) is 7.37. The summed E-state index contributed by atoms with van der Waals surface area (Å²) in [6, 6.07) is -2.64. The summed E-state index contributed by atoms with van der Waals surface area (Å²) in [5, 5.41) is 14.0. The van der Waals surface area contributed by atoms with Crippen molar-refractivity contribution in [2.45, 2.75) is 38.4 Å². The van der Waals surface area contributed by atoms with Gasteiger partial charge in [0.2, 0.25) is 11.8 Å². The second-order valence-corrected chi connectivity index (χ2v) is 6.55. The normalized spacial score (nSPS) is 15.0. The minimum atomic E-state index is -1.12. The van der Waals surface area contributed by atoms with Gasteiger partial charge in [-0.2, -0.15) is 24.4 Å². The van der Waals surface area contributed by atoms with E-state index in [9.17, 15) is 14.4 Å². The highest BCUT2D eigenvalue weighted by molar-refractivity contribution is 7.98. The van der Waals surface area contributed by atoms with Crippen LogP contribution in [0.15, 0.2) is 0 Å². The van der Waals surface area contributed by atoms with E-state index in [-0.39, 0.29) is 11.7 Å². The van der Waals surface area contributed by atoms with Gasteiger partial charge in [-0.25, -0.2) is 4.79 Å². The lowest BCUT2D eigenvalue weighted by molar-refractivity contribution is -0.143. The van der Waals surface area contributed by atoms with Crippen molar-refractivity contribution in [3.05, 3.63) is 0 Å². The van der Waals surface area contributed by atoms with Crippen LogP contribution >= 0.6 is 24.4 Å². The van der Waals surface area contributed by atoms with Gasteiger partial charge in [-0.1, -0.05) is 13.8 Å². The largest absolute Gasteiger partial charge is 0.480 e. The van der Waals surface area contributed by atoms with Crippen LogP contribution in [-0.4, -0.2) is 58.8 Å². The number of carbonyl (C=O) groups is 3. The maximum Gasteiger partial charge on any atom is 0.326 e. The van der Waals surface area contributed by atoms with Gasteiger partial charge in [0, 0.05) is 5.75 Å². The molecule has 0 heterocycles. The van der Waals surface area contributed by atoms with E-state index in [1.165, 1.54) is 0 Å². The molecular formula is C13H25N3O4S2. The first-order chi connectivity index (χ1) is 10.2. The number of thioether (sulfide) groups is 1. The number of carbonyl (C=O) groups excluding carboxylic acids is 2. The molecule has 0 spiro atoms. The number of nitrogens with one attached hydrogen (secondary N) is 2. The van der Waals surface area contributed by atoms with Crippen LogP contribution in [0.1, 0.15) is 20.3 Å². The molecule has 0 rings (SSSR count). The highest BCUT2D eigenvalue weighted by Gasteiger charge is 2.28. The highest BCUT2D eigenvalue weighted by atomic mass is 32.2.